The quantitative estimate of drug-likeness (QED) is 0.772. The lowest BCUT2D eigenvalue weighted by Crippen LogP contribution is -2.57. The van der Waals surface area contributed by atoms with Crippen molar-refractivity contribution in [2.24, 2.45) is 5.92 Å². The molecule has 0 aliphatic carbocycles. The second kappa shape index (κ2) is 5.93. The van der Waals surface area contributed by atoms with Crippen LogP contribution < -0.4 is 0 Å². The first-order chi connectivity index (χ1) is 8.71. The molecule has 1 saturated heterocycles. The minimum Gasteiger partial charge on any atom is -0.444 e. The third-order valence-corrected chi connectivity index (χ3v) is 3.77. The predicted molar refractivity (Wildman–Crippen MR) is 75.0 cm³/mol. The van der Waals surface area contributed by atoms with E-state index in [0.717, 1.165) is 12.8 Å². The average Bonchev–Trinajstić information content (AvgIpc) is 2.29. The average molecular weight is 269 g/mol. The van der Waals surface area contributed by atoms with Gasteiger partial charge in [-0.25, -0.2) is 4.79 Å². The largest absolute Gasteiger partial charge is 0.444 e. The van der Waals surface area contributed by atoms with Gasteiger partial charge in [0.15, 0.2) is 0 Å². The monoisotopic (exact) mass is 269 g/mol. The number of hydrogen-bond acceptors (Lipinski definition) is 3. The molecule has 0 aromatic heterocycles. The topological polar surface area (TPSA) is 46.6 Å². The van der Waals surface area contributed by atoms with Crippen LogP contribution in [0.4, 0.5) is 4.79 Å². The van der Waals surface area contributed by atoms with Gasteiger partial charge in [-0.05, 0) is 33.6 Å². The van der Waals surface area contributed by atoms with E-state index in [1.807, 2.05) is 41.5 Å². The minimum atomic E-state index is -0.502. The van der Waals surface area contributed by atoms with E-state index >= 15 is 0 Å². The standard InChI is InChI=1S/C15H27NO3/c1-7-11-9-13(17)10(3)12(8-2)16(11)14(18)19-15(4,5)6/h10-12H,7-9H2,1-6H3/t10-,11+,12-/m0/s1. The fraction of sp³-hybridized carbons (Fsp3) is 0.867. The molecule has 0 aromatic carbocycles. The van der Waals surface area contributed by atoms with Crippen LogP contribution in [0.2, 0.25) is 0 Å². The summed E-state index contributed by atoms with van der Waals surface area (Å²) in [5, 5.41) is 0. The summed E-state index contributed by atoms with van der Waals surface area (Å²) in [4.78, 5) is 26.2. The van der Waals surface area contributed by atoms with E-state index < -0.39 is 5.60 Å². The van der Waals surface area contributed by atoms with Gasteiger partial charge in [0.1, 0.15) is 11.4 Å². The number of carbonyl (C=O) groups is 2. The zero-order valence-electron chi connectivity index (χ0n) is 13.0. The number of amides is 1. The number of Topliss-reactive ketones (excluding diaryl/α,β-unsaturated/α-hetero) is 1. The van der Waals surface area contributed by atoms with Gasteiger partial charge in [0.2, 0.25) is 0 Å². The van der Waals surface area contributed by atoms with Crippen molar-refractivity contribution in [2.45, 2.75) is 78.5 Å². The van der Waals surface area contributed by atoms with Crippen LogP contribution in [0.5, 0.6) is 0 Å². The van der Waals surface area contributed by atoms with Crippen LogP contribution in [0.3, 0.4) is 0 Å². The van der Waals surface area contributed by atoms with E-state index in [2.05, 4.69) is 0 Å². The van der Waals surface area contributed by atoms with Crippen LogP contribution in [0.1, 0.15) is 60.8 Å². The fourth-order valence-electron chi connectivity index (χ4n) is 2.73. The molecule has 4 heteroatoms. The first-order valence-electron chi connectivity index (χ1n) is 7.25. The highest BCUT2D eigenvalue weighted by Crippen LogP contribution is 2.30. The van der Waals surface area contributed by atoms with Crippen LogP contribution in [0, 0.1) is 5.92 Å². The van der Waals surface area contributed by atoms with E-state index in [0.29, 0.717) is 6.42 Å². The molecule has 0 bridgehead atoms. The molecular weight excluding hydrogens is 242 g/mol. The van der Waals surface area contributed by atoms with E-state index in [4.69, 9.17) is 4.74 Å². The van der Waals surface area contributed by atoms with Gasteiger partial charge in [0, 0.05) is 24.4 Å². The van der Waals surface area contributed by atoms with Crippen molar-refractivity contribution >= 4 is 11.9 Å². The summed E-state index contributed by atoms with van der Waals surface area (Å²) in [5.74, 6) is 0.166. The Bertz CT molecular complexity index is 346. The fourth-order valence-corrected chi connectivity index (χ4v) is 2.73. The van der Waals surface area contributed by atoms with Crippen LogP contribution in [-0.4, -0.2) is 34.5 Å². The molecule has 1 aliphatic rings. The summed E-state index contributed by atoms with van der Waals surface area (Å²) >= 11 is 0. The van der Waals surface area contributed by atoms with Gasteiger partial charge in [-0.3, -0.25) is 4.79 Å². The van der Waals surface area contributed by atoms with Crippen molar-refractivity contribution in [3.8, 4) is 0 Å². The van der Waals surface area contributed by atoms with Crippen molar-refractivity contribution < 1.29 is 14.3 Å². The molecule has 1 rings (SSSR count). The Balaban J connectivity index is 2.97. The molecule has 1 aliphatic heterocycles. The third kappa shape index (κ3) is 3.71. The van der Waals surface area contributed by atoms with E-state index in [9.17, 15) is 9.59 Å². The van der Waals surface area contributed by atoms with Crippen LogP contribution >= 0.6 is 0 Å². The minimum absolute atomic E-state index is 0.0245. The van der Waals surface area contributed by atoms with Crippen molar-refractivity contribution in [3.63, 3.8) is 0 Å². The molecule has 110 valence electrons. The Kier molecular flexibility index (Phi) is 4.99. The van der Waals surface area contributed by atoms with E-state index in [-0.39, 0.29) is 29.9 Å². The highest BCUT2D eigenvalue weighted by Gasteiger charge is 2.42. The van der Waals surface area contributed by atoms with Gasteiger partial charge < -0.3 is 9.64 Å². The van der Waals surface area contributed by atoms with Crippen LogP contribution in [0.25, 0.3) is 0 Å². The Hall–Kier alpha value is -1.06. The summed E-state index contributed by atoms with van der Waals surface area (Å²) in [6, 6.07) is -0.0652. The number of piperidine rings is 1. The number of hydrogen-bond donors (Lipinski definition) is 0. The van der Waals surface area contributed by atoms with Crippen LogP contribution in [-0.2, 0) is 9.53 Å². The van der Waals surface area contributed by atoms with Gasteiger partial charge in [0.25, 0.3) is 0 Å². The maximum Gasteiger partial charge on any atom is 0.410 e. The molecule has 0 unspecified atom stereocenters. The molecule has 0 radical (unpaired) electrons. The lowest BCUT2D eigenvalue weighted by molar-refractivity contribution is -0.130. The van der Waals surface area contributed by atoms with Crippen LogP contribution in [0.15, 0.2) is 0 Å². The normalized spacial score (nSPS) is 28.4. The molecule has 19 heavy (non-hydrogen) atoms. The molecule has 0 saturated carbocycles. The molecule has 4 nitrogen and oxygen atoms in total. The number of likely N-dealkylation sites (tertiary alicyclic amines) is 1. The van der Waals surface area contributed by atoms with Gasteiger partial charge in [0.05, 0.1) is 0 Å². The predicted octanol–water partition coefficient (Wildman–Crippen LogP) is 3.39. The highest BCUT2D eigenvalue weighted by atomic mass is 16.6. The molecule has 1 fully saturated rings. The number of ether oxygens (including phenoxy) is 1. The second-order valence-electron chi connectivity index (χ2n) is 6.38. The van der Waals surface area contributed by atoms with Crippen molar-refractivity contribution in [3.05, 3.63) is 0 Å². The zero-order chi connectivity index (χ0) is 14.8. The van der Waals surface area contributed by atoms with Crippen molar-refractivity contribution in [2.75, 3.05) is 0 Å². The number of ketones is 1. The van der Waals surface area contributed by atoms with E-state index in [1.165, 1.54) is 0 Å². The number of rotatable bonds is 2. The molecule has 0 N–H and O–H groups in total. The molecule has 1 heterocycles. The summed E-state index contributed by atoms with van der Waals surface area (Å²) in [6.45, 7) is 11.5. The lowest BCUT2D eigenvalue weighted by atomic mass is 9.83. The third-order valence-electron chi connectivity index (χ3n) is 3.77. The summed E-state index contributed by atoms with van der Waals surface area (Å²) in [6.07, 6.45) is 1.73. The number of carbonyl (C=O) groups excluding carboxylic acids is 2. The zero-order valence-corrected chi connectivity index (χ0v) is 13.0. The molecular formula is C15H27NO3. The SMILES string of the molecule is CC[C@@H]1CC(=O)[C@@H](C)[C@H](CC)N1C(=O)OC(C)(C)C. The van der Waals surface area contributed by atoms with E-state index in [1.54, 1.807) is 4.90 Å². The molecule has 0 spiro atoms. The summed E-state index contributed by atoms with van der Waals surface area (Å²) in [5.41, 5.74) is -0.502. The first kappa shape index (κ1) is 16.0. The van der Waals surface area contributed by atoms with Gasteiger partial charge in [-0.2, -0.15) is 0 Å². The Morgan fingerprint density at radius 2 is 1.89 bits per heavy atom. The summed E-state index contributed by atoms with van der Waals surface area (Å²) < 4.78 is 5.50. The maximum atomic E-state index is 12.4. The Labute approximate surface area is 116 Å². The van der Waals surface area contributed by atoms with Crippen molar-refractivity contribution in [1.82, 2.24) is 4.90 Å². The lowest BCUT2D eigenvalue weighted by Gasteiger charge is -2.44. The summed E-state index contributed by atoms with van der Waals surface area (Å²) in [7, 11) is 0. The molecule has 0 aromatic rings. The van der Waals surface area contributed by atoms with Gasteiger partial charge >= 0.3 is 6.09 Å². The molecule has 3 atom stereocenters. The first-order valence-corrected chi connectivity index (χ1v) is 7.25. The maximum absolute atomic E-state index is 12.4. The van der Waals surface area contributed by atoms with Crippen molar-refractivity contribution in [1.29, 1.82) is 0 Å². The molecule has 1 amide bonds. The number of nitrogens with zero attached hydrogens (tertiary/aromatic N) is 1. The van der Waals surface area contributed by atoms with Gasteiger partial charge in [-0.15, -0.1) is 0 Å². The van der Waals surface area contributed by atoms with Gasteiger partial charge in [-0.1, -0.05) is 20.8 Å². The second-order valence-corrected chi connectivity index (χ2v) is 6.38. The highest BCUT2D eigenvalue weighted by molar-refractivity contribution is 5.85. The Morgan fingerprint density at radius 3 is 2.32 bits per heavy atom. The smallest absolute Gasteiger partial charge is 0.410 e. The Morgan fingerprint density at radius 1 is 1.32 bits per heavy atom.